The lowest BCUT2D eigenvalue weighted by molar-refractivity contribution is 0.116. The molecule has 3 heterocycles. The van der Waals surface area contributed by atoms with E-state index in [2.05, 4.69) is 27.6 Å². The number of furan rings is 1. The maximum atomic E-state index is 12.9. The second kappa shape index (κ2) is 11.0. The fourth-order valence-corrected chi connectivity index (χ4v) is 4.43. The van der Waals surface area contributed by atoms with Gasteiger partial charge in [0.1, 0.15) is 12.3 Å². The van der Waals surface area contributed by atoms with E-state index in [1.54, 1.807) is 26.5 Å². The van der Waals surface area contributed by atoms with Gasteiger partial charge in [0, 0.05) is 32.7 Å². The number of urea groups is 1. The molecular formula is C23H35N5O5. The number of hydrogen-bond donors (Lipinski definition) is 2. The second-order valence-electron chi connectivity index (χ2n) is 8.54. The Morgan fingerprint density at radius 3 is 2.42 bits per heavy atom. The third kappa shape index (κ3) is 5.45. The summed E-state index contributed by atoms with van der Waals surface area (Å²) in [5.41, 5.74) is 3.87. The minimum absolute atomic E-state index is 0.358. The minimum Gasteiger partial charge on any atom is -0.494 e. The highest BCUT2D eigenvalue weighted by Crippen LogP contribution is 2.49. The van der Waals surface area contributed by atoms with E-state index in [4.69, 9.17) is 18.6 Å². The van der Waals surface area contributed by atoms with Gasteiger partial charge in [-0.25, -0.2) is 9.80 Å². The van der Waals surface area contributed by atoms with Crippen molar-refractivity contribution >= 4 is 22.7 Å². The summed E-state index contributed by atoms with van der Waals surface area (Å²) in [5, 5.41) is 5.55. The summed E-state index contributed by atoms with van der Waals surface area (Å²) in [5.74, 6) is 1.31. The number of carbonyl (C=O) groups excluding carboxylic acids is 1. The molecule has 10 nitrogen and oxygen atoms in total. The van der Waals surface area contributed by atoms with Crippen LogP contribution in [0.1, 0.15) is 19.3 Å². The lowest BCUT2D eigenvalue weighted by Gasteiger charge is -2.32. The quantitative estimate of drug-likeness (QED) is 0.620. The number of hydrogen-bond acceptors (Lipinski definition) is 8. The number of piperidine rings is 1. The first kappa shape index (κ1) is 23.5. The van der Waals surface area contributed by atoms with Crippen molar-refractivity contribution in [2.24, 2.45) is 0 Å². The van der Waals surface area contributed by atoms with E-state index < -0.39 is 0 Å². The van der Waals surface area contributed by atoms with E-state index in [1.165, 1.54) is 19.3 Å². The molecular weight excluding hydrogens is 426 g/mol. The largest absolute Gasteiger partial charge is 0.494 e. The predicted molar refractivity (Wildman–Crippen MR) is 126 cm³/mol. The number of rotatable bonds is 8. The van der Waals surface area contributed by atoms with E-state index in [9.17, 15) is 4.79 Å². The SMILES string of the molecule is COc1c(NC(=O)NN2CCN(C)CC2)c(OCCN2CCCCC2)c(OC)c2occc12. The van der Waals surface area contributed by atoms with Crippen molar-refractivity contribution in [2.75, 3.05) is 79.0 Å². The fourth-order valence-electron chi connectivity index (χ4n) is 4.43. The Hall–Kier alpha value is -2.69. The van der Waals surface area contributed by atoms with Crippen molar-refractivity contribution in [3.05, 3.63) is 12.3 Å². The van der Waals surface area contributed by atoms with E-state index >= 15 is 0 Å². The highest BCUT2D eigenvalue weighted by atomic mass is 16.5. The topological polar surface area (TPSA) is 91.7 Å². The molecule has 33 heavy (non-hydrogen) atoms. The van der Waals surface area contributed by atoms with Crippen LogP contribution in [0.4, 0.5) is 10.5 Å². The molecule has 2 N–H and O–H groups in total. The molecule has 0 saturated carbocycles. The van der Waals surface area contributed by atoms with Gasteiger partial charge in [0.2, 0.25) is 5.75 Å². The summed E-state index contributed by atoms with van der Waals surface area (Å²) in [4.78, 5) is 17.5. The van der Waals surface area contributed by atoms with E-state index in [1.807, 2.05) is 5.01 Å². The molecule has 2 fully saturated rings. The summed E-state index contributed by atoms with van der Waals surface area (Å²) < 4.78 is 23.2. The highest BCUT2D eigenvalue weighted by Gasteiger charge is 2.27. The van der Waals surface area contributed by atoms with Gasteiger partial charge in [-0.15, -0.1) is 0 Å². The zero-order valence-corrected chi connectivity index (χ0v) is 19.8. The van der Waals surface area contributed by atoms with Gasteiger partial charge < -0.3 is 28.8 Å². The average molecular weight is 462 g/mol. The molecule has 10 heteroatoms. The van der Waals surface area contributed by atoms with Gasteiger partial charge in [0.05, 0.1) is 25.9 Å². The lowest BCUT2D eigenvalue weighted by atomic mass is 10.1. The summed E-state index contributed by atoms with van der Waals surface area (Å²) in [6.45, 7) is 6.72. The number of nitrogens with zero attached hydrogens (tertiary/aromatic N) is 3. The molecule has 2 amide bonds. The number of hydrazine groups is 1. The van der Waals surface area contributed by atoms with Crippen LogP contribution in [0.3, 0.4) is 0 Å². The average Bonchev–Trinajstić information content (AvgIpc) is 3.30. The van der Waals surface area contributed by atoms with Crippen LogP contribution in [-0.2, 0) is 0 Å². The van der Waals surface area contributed by atoms with Crippen LogP contribution >= 0.6 is 0 Å². The van der Waals surface area contributed by atoms with Crippen LogP contribution in [0.5, 0.6) is 17.2 Å². The molecule has 2 aliphatic rings. The van der Waals surface area contributed by atoms with E-state index in [-0.39, 0.29) is 6.03 Å². The zero-order chi connectivity index (χ0) is 23.2. The first-order valence-electron chi connectivity index (χ1n) is 11.6. The van der Waals surface area contributed by atoms with Crippen LogP contribution in [0, 0.1) is 0 Å². The van der Waals surface area contributed by atoms with Gasteiger partial charge >= 0.3 is 6.03 Å². The second-order valence-corrected chi connectivity index (χ2v) is 8.54. The minimum atomic E-state index is -0.358. The first-order valence-corrected chi connectivity index (χ1v) is 11.6. The van der Waals surface area contributed by atoms with E-state index in [0.717, 1.165) is 45.8 Å². The van der Waals surface area contributed by atoms with Crippen molar-refractivity contribution in [3.8, 4) is 17.2 Å². The Morgan fingerprint density at radius 1 is 1.00 bits per heavy atom. The maximum Gasteiger partial charge on any atom is 0.333 e. The monoisotopic (exact) mass is 461 g/mol. The number of carbonyl (C=O) groups is 1. The van der Waals surface area contributed by atoms with Crippen molar-refractivity contribution < 1.29 is 23.4 Å². The number of likely N-dealkylation sites (N-methyl/N-ethyl adjacent to an activating group) is 1. The van der Waals surface area contributed by atoms with Crippen LogP contribution in [0.25, 0.3) is 11.0 Å². The molecule has 1 aromatic carbocycles. The number of nitrogens with one attached hydrogen (secondary N) is 2. The Balaban J connectivity index is 1.56. The molecule has 182 valence electrons. The third-order valence-corrected chi connectivity index (χ3v) is 6.29. The van der Waals surface area contributed by atoms with Crippen LogP contribution in [-0.4, -0.2) is 94.5 Å². The van der Waals surface area contributed by atoms with Gasteiger partial charge in [0.15, 0.2) is 17.1 Å². The summed E-state index contributed by atoms with van der Waals surface area (Å²) in [6.07, 6.45) is 5.29. The molecule has 2 saturated heterocycles. The molecule has 0 aliphatic carbocycles. The Kier molecular flexibility index (Phi) is 7.79. The maximum absolute atomic E-state index is 12.9. The number of likely N-dealkylation sites (tertiary alicyclic amines) is 1. The fraction of sp³-hybridized carbons (Fsp3) is 0.609. The molecule has 0 unspecified atom stereocenters. The predicted octanol–water partition coefficient (Wildman–Crippen LogP) is 2.60. The molecule has 1 aromatic heterocycles. The number of piperazine rings is 1. The normalized spacial score (nSPS) is 18.3. The Labute approximate surface area is 194 Å². The summed E-state index contributed by atoms with van der Waals surface area (Å²) in [7, 11) is 5.20. The number of anilines is 1. The third-order valence-electron chi connectivity index (χ3n) is 6.29. The van der Waals surface area contributed by atoms with Gasteiger partial charge in [-0.1, -0.05) is 6.42 Å². The van der Waals surface area contributed by atoms with Crippen LogP contribution in [0.15, 0.2) is 16.7 Å². The Bertz CT molecular complexity index is 935. The number of amides is 2. The van der Waals surface area contributed by atoms with Gasteiger partial charge in [-0.05, 0) is 39.0 Å². The molecule has 0 spiro atoms. The van der Waals surface area contributed by atoms with Crippen molar-refractivity contribution in [1.82, 2.24) is 20.2 Å². The number of fused-ring (bicyclic) bond motifs is 1. The molecule has 0 bridgehead atoms. The summed E-state index contributed by atoms with van der Waals surface area (Å²) in [6, 6.07) is 1.43. The van der Waals surface area contributed by atoms with E-state index in [0.29, 0.717) is 40.5 Å². The zero-order valence-electron chi connectivity index (χ0n) is 19.8. The van der Waals surface area contributed by atoms with Gasteiger partial charge in [-0.3, -0.25) is 10.3 Å². The highest BCUT2D eigenvalue weighted by molar-refractivity contribution is 6.03. The number of methoxy groups -OCH3 is 2. The number of benzene rings is 1. The van der Waals surface area contributed by atoms with Crippen molar-refractivity contribution in [2.45, 2.75) is 19.3 Å². The number of ether oxygens (including phenoxy) is 3. The smallest absolute Gasteiger partial charge is 0.333 e. The first-order chi connectivity index (χ1) is 16.1. The molecule has 4 rings (SSSR count). The van der Waals surface area contributed by atoms with Crippen LogP contribution in [0.2, 0.25) is 0 Å². The van der Waals surface area contributed by atoms with Gasteiger partial charge in [-0.2, -0.15) is 0 Å². The molecule has 0 radical (unpaired) electrons. The molecule has 2 aromatic rings. The molecule has 2 aliphatic heterocycles. The van der Waals surface area contributed by atoms with Crippen molar-refractivity contribution in [3.63, 3.8) is 0 Å². The standard InChI is InChI=1S/C23H35N5O5/c1-26-10-12-28(13-11-26)25-23(29)24-18-19(30-2)17-7-15-32-20(17)22(31-3)21(18)33-16-14-27-8-5-4-6-9-27/h7,15H,4-6,8-14,16H2,1-3H3,(H2,24,25,29). The van der Waals surface area contributed by atoms with Gasteiger partial charge in [0.25, 0.3) is 0 Å². The lowest BCUT2D eigenvalue weighted by Crippen LogP contribution is -2.53. The van der Waals surface area contributed by atoms with Crippen molar-refractivity contribution in [1.29, 1.82) is 0 Å². The summed E-state index contributed by atoms with van der Waals surface area (Å²) >= 11 is 0. The van der Waals surface area contributed by atoms with Crippen LogP contribution < -0.4 is 25.0 Å². The molecule has 0 atom stereocenters. The Morgan fingerprint density at radius 2 is 1.73 bits per heavy atom.